The van der Waals surface area contributed by atoms with E-state index in [1.54, 1.807) is 27.7 Å². The number of rotatable bonds is 10. The van der Waals surface area contributed by atoms with Gasteiger partial charge in [0.25, 0.3) is 0 Å². The van der Waals surface area contributed by atoms with E-state index in [-0.39, 0.29) is 45.2 Å². The summed E-state index contributed by atoms with van der Waals surface area (Å²) in [5, 5.41) is 0.541. The number of carbonyl (C=O) groups excluding carboxylic acids is 4. The Hall–Kier alpha value is -0.200. The lowest BCUT2D eigenvalue weighted by atomic mass is 10.2. The summed E-state index contributed by atoms with van der Waals surface area (Å²) in [6, 6.07) is 0. The highest BCUT2D eigenvalue weighted by Crippen LogP contribution is 2.06. The summed E-state index contributed by atoms with van der Waals surface area (Å²) >= 11 is 11.9. The van der Waals surface area contributed by atoms with Gasteiger partial charge in [-0.05, 0) is 27.7 Å². The van der Waals surface area contributed by atoms with Gasteiger partial charge in [0.05, 0.1) is 0 Å². The second-order valence-electron chi connectivity index (χ2n) is 5.31. The smallest absolute Gasteiger partial charge is 0.316 e. The van der Waals surface area contributed by atoms with E-state index >= 15 is 0 Å². The van der Waals surface area contributed by atoms with Crippen molar-refractivity contribution in [1.82, 2.24) is 0 Å². The summed E-state index contributed by atoms with van der Waals surface area (Å²) in [6.07, 6.45) is -1.77. The van der Waals surface area contributed by atoms with Crippen molar-refractivity contribution in [2.75, 3.05) is 21.3 Å². The zero-order chi connectivity index (χ0) is 22.3. The first-order valence-electron chi connectivity index (χ1n) is 8.04. The molecule has 0 amide bonds. The van der Waals surface area contributed by atoms with Crippen molar-refractivity contribution in [3.8, 4) is 0 Å². The van der Waals surface area contributed by atoms with Gasteiger partial charge >= 0.3 is 23.9 Å². The van der Waals surface area contributed by atoms with Crippen LogP contribution in [0.5, 0.6) is 0 Å². The summed E-state index contributed by atoms with van der Waals surface area (Å²) in [5.74, 6) is -1.50. The molecule has 4 atom stereocenters. The van der Waals surface area contributed by atoms with E-state index in [1.165, 1.54) is 0 Å². The average Bonchev–Trinajstić information content (AvgIpc) is 2.67. The first kappa shape index (κ1) is 30.0. The lowest BCUT2D eigenvalue weighted by molar-refractivity contribution is -0.161. The molecule has 0 spiro atoms. The van der Waals surface area contributed by atoms with E-state index in [0.29, 0.717) is 0 Å². The van der Waals surface area contributed by atoms with E-state index in [1.807, 2.05) is 0 Å². The Morgan fingerprint density at radius 1 is 0.500 bits per heavy atom. The fourth-order valence-electron chi connectivity index (χ4n) is 1.34. The van der Waals surface area contributed by atoms with Gasteiger partial charge in [0, 0.05) is 0 Å². The van der Waals surface area contributed by atoms with Crippen molar-refractivity contribution in [3.05, 3.63) is 0 Å². The number of hydrogen-bond acceptors (Lipinski definition) is 8. The molecule has 0 saturated heterocycles. The number of ether oxygens (including phenoxy) is 4. The molecule has 0 fully saturated rings. The molecule has 12 heteroatoms. The minimum Gasteiger partial charge on any atom is -0.458 e. The van der Waals surface area contributed by atoms with E-state index in [9.17, 15) is 19.2 Å². The van der Waals surface area contributed by atoms with Crippen LogP contribution in [0.4, 0.5) is 0 Å². The summed E-state index contributed by atoms with van der Waals surface area (Å²) in [6.45, 7) is 6.69. The molecule has 4 unspecified atom stereocenters. The van der Waals surface area contributed by atoms with Crippen molar-refractivity contribution in [1.29, 1.82) is 0 Å². The predicted octanol–water partition coefficient (Wildman–Crippen LogP) is 3.28. The molecule has 0 aliphatic rings. The van der Waals surface area contributed by atoms with Gasteiger partial charge in [-0.25, -0.2) is 0 Å². The lowest BCUT2D eigenvalue weighted by Gasteiger charge is -2.19. The van der Waals surface area contributed by atoms with Crippen LogP contribution in [-0.4, -0.2) is 69.6 Å². The molecule has 28 heavy (non-hydrogen) atoms. The SMILES string of the molecule is CC(OC(=O)CBr)C(C)OC(=O)CBr.CC(OC(=O)CBr)C(C)OC(=O)CBr. The zero-order valence-corrected chi connectivity index (χ0v) is 22.3. The van der Waals surface area contributed by atoms with Crippen molar-refractivity contribution < 1.29 is 38.1 Å². The third-order valence-electron chi connectivity index (χ3n) is 3.03. The first-order valence-corrected chi connectivity index (χ1v) is 12.5. The average molecular weight is 664 g/mol. The third kappa shape index (κ3) is 15.7. The van der Waals surface area contributed by atoms with Gasteiger partial charge in [-0.1, -0.05) is 63.7 Å². The van der Waals surface area contributed by atoms with E-state index in [2.05, 4.69) is 63.7 Å². The van der Waals surface area contributed by atoms with Crippen LogP contribution in [0.15, 0.2) is 0 Å². The Bertz CT molecular complexity index is 415. The van der Waals surface area contributed by atoms with Gasteiger partial charge in [-0.15, -0.1) is 0 Å². The molecule has 0 bridgehead atoms. The number of halogens is 4. The molecule has 0 aromatic heterocycles. The number of esters is 4. The maximum atomic E-state index is 10.9. The minimum absolute atomic E-state index is 0.135. The standard InChI is InChI=1S/2C8H12Br2O4/c2*1-5(13-7(11)3-9)6(2)14-8(12)4-10/h2*5-6H,3-4H2,1-2H3. The van der Waals surface area contributed by atoms with Crippen LogP contribution >= 0.6 is 63.7 Å². The van der Waals surface area contributed by atoms with Gasteiger partial charge in [0.15, 0.2) is 0 Å². The topological polar surface area (TPSA) is 105 Å². The van der Waals surface area contributed by atoms with Crippen LogP contribution in [0.2, 0.25) is 0 Å². The summed E-state index contributed by atoms with van der Waals surface area (Å²) in [4.78, 5) is 43.5. The van der Waals surface area contributed by atoms with Gasteiger partial charge in [-0.2, -0.15) is 0 Å². The highest BCUT2D eigenvalue weighted by Gasteiger charge is 2.20. The minimum atomic E-state index is -0.442. The van der Waals surface area contributed by atoms with Gasteiger partial charge in [0.2, 0.25) is 0 Å². The van der Waals surface area contributed by atoms with Gasteiger partial charge in [-0.3, -0.25) is 19.2 Å². The number of hydrogen-bond donors (Lipinski definition) is 0. The fourth-order valence-corrected chi connectivity index (χ4v) is 1.87. The molecule has 0 saturated carbocycles. The highest BCUT2D eigenvalue weighted by molar-refractivity contribution is 9.10. The summed E-state index contributed by atoms with van der Waals surface area (Å²) in [7, 11) is 0. The molecule has 0 aliphatic carbocycles. The number of carbonyl (C=O) groups is 4. The van der Waals surface area contributed by atoms with Crippen LogP contribution in [0.1, 0.15) is 27.7 Å². The molecular weight excluding hydrogens is 640 g/mol. The molecule has 0 aliphatic heterocycles. The Labute approximate surface area is 198 Å². The van der Waals surface area contributed by atoms with Crippen molar-refractivity contribution in [2.24, 2.45) is 0 Å². The number of alkyl halides is 4. The molecule has 0 aromatic rings. The molecule has 0 heterocycles. The van der Waals surface area contributed by atoms with Crippen LogP contribution in [-0.2, 0) is 38.1 Å². The normalized spacial score (nSPS) is 14.3. The molecule has 0 radical (unpaired) electrons. The molecule has 8 nitrogen and oxygen atoms in total. The molecular formula is C16H24Br4O8. The van der Waals surface area contributed by atoms with Crippen molar-refractivity contribution in [2.45, 2.75) is 52.1 Å². The van der Waals surface area contributed by atoms with Crippen LogP contribution in [0.25, 0.3) is 0 Å². The van der Waals surface area contributed by atoms with Gasteiger partial charge < -0.3 is 18.9 Å². The lowest BCUT2D eigenvalue weighted by Crippen LogP contribution is -2.31. The van der Waals surface area contributed by atoms with Crippen LogP contribution < -0.4 is 0 Å². The monoisotopic (exact) mass is 660 g/mol. The molecule has 0 N–H and O–H groups in total. The van der Waals surface area contributed by atoms with Gasteiger partial charge in [0.1, 0.15) is 45.7 Å². The Morgan fingerprint density at radius 3 is 0.750 bits per heavy atom. The van der Waals surface area contributed by atoms with Crippen LogP contribution in [0, 0.1) is 0 Å². The van der Waals surface area contributed by atoms with Crippen LogP contribution in [0.3, 0.4) is 0 Å². The van der Waals surface area contributed by atoms with Crippen molar-refractivity contribution >= 4 is 87.6 Å². The highest BCUT2D eigenvalue weighted by atomic mass is 79.9. The Morgan fingerprint density at radius 2 is 0.643 bits per heavy atom. The van der Waals surface area contributed by atoms with E-state index < -0.39 is 24.4 Å². The molecule has 0 aromatic carbocycles. The summed E-state index contributed by atoms with van der Waals surface area (Å²) in [5.41, 5.74) is 0. The zero-order valence-electron chi connectivity index (χ0n) is 15.9. The second-order valence-corrected chi connectivity index (χ2v) is 7.56. The predicted molar refractivity (Wildman–Crippen MR) is 117 cm³/mol. The van der Waals surface area contributed by atoms with E-state index in [4.69, 9.17) is 18.9 Å². The Kier molecular flexibility index (Phi) is 18.9. The van der Waals surface area contributed by atoms with Crippen molar-refractivity contribution in [3.63, 3.8) is 0 Å². The van der Waals surface area contributed by atoms with E-state index in [0.717, 1.165) is 0 Å². The maximum absolute atomic E-state index is 10.9. The largest absolute Gasteiger partial charge is 0.458 e. The fraction of sp³-hybridized carbons (Fsp3) is 0.750. The summed E-state index contributed by atoms with van der Waals surface area (Å²) < 4.78 is 19.7. The second kappa shape index (κ2) is 17.6. The third-order valence-corrected chi connectivity index (χ3v) is 4.86. The molecule has 164 valence electrons. The molecule has 0 rings (SSSR count). The first-order chi connectivity index (χ1) is 13.0. The quantitative estimate of drug-likeness (QED) is 0.199. The maximum Gasteiger partial charge on any atom is 0.316 e. The Balaban J connectivity index is 0.